The van der Waals surface area contributed by atoms with Crippen molar-refractivity contribution in [1.29, 1.82) is 0 Å². The summed E-state index contributed by atoms with van der Waals surface area (Å²) in [6, 6.07) is 16.3. The molecule has 0 atom stereocenters. The number of piperidine rings is 1. The lowest BCUT2D eigenvalue weighted by atomic mass is 10.1. The molecule has 1 aliphatic heterocycles. The maximum atomic E-state index is 6.27. The van der Waals surface area contributed by atoms with Crippen molar-refractivity contribution in [3.05, 3.63) is 60.4 Å². The van der Waals surface area contributed by atoms with Crippen molar-refractivity contribution >= 4 is 16.9 Å². The average molecular weight is 415 g/mol. The summed E-state index contributed by atoms with van der Waals surface area (Å²) in [5.41, 5.74) is 10.1. The lowest BCUT2D eigenvalue weighted by Gasteiger charge is -2.29. The second-order valence-electron chi connectivity index (χ2n) is 8.22. The first-order valence-corrected chi connectivity index (χ1v) is 10.6. The lowest BCUT2D eigenvalue weighted by Crippen LogP contribution is -2.31. The number of hydrogen-bond donors (Lipinski definition) is 1. The highest BCUT2D eigenvalue weighted by Crippen LogP contribution is 2.35. The van der Waals surface area contributed by atoms with Gasteiger partial charge in [-0.15, -0.1) is 0 Å². The molecule has 0 radical (unpaired) electrons. The Morgan fingerprint density at radius 3 is 2.26 bits per heavy atom. The number of aryl methyl sites for hydroxylation is 1. The molecule has 0 aliphatic carbocycles. The van der Waals surface area contributed by atoms with Crippen LogP contribution in [0.4, 0.5) is 5.82 Å². The van der Waals surface area contributed by atoms with Crippen LogP contribution in [0.5, 0.6) is 11.5 Å². The summed E-state index contributed by atoms with van der Waals surface area (Å²) in [7, 11) is 2.16. The quantitative estimate of drug-likeness (QED) is 0.531. The standard InChI is InChI=1S/C24H26N6O/c1-16-3-7-19(8-4-16)31-20-9-5-17(6-10-20)22-21-23(25)26-15-27-24(21)30(28-22)18-11-13-29(2)14-12-18/h3-10,15,18H,11-14H2,1-2H3,(H2,25,26,27). The van der Waals surface area contributed by atoms with Gasteiger partial charge in [-0.3, -0.25) is 0 Å². The number of ether oxygens (including phenoxy) is 1. The molecule has 31 heavy (non-hydrogen) atoms. The average Bonchev–Trinajstić information content (AvgIpc) is 3.17. The van der Waals surface area contributed by atoms with E-state index >= 15 is 0 Å². The van der Waals surface area contributed by atoms with Crippen molar-refractivity contribution < 1.29 is 4.74 Å². The number of hydrogen-bond acceptors (Lipinski definition) is 6. The van der Waals surface area contributed by atoms with Crippen LogP contribution in [0.3, 0.4) is 0 Å². The predicted molar refractivity (Wildman–Crippen MR) is 122 cm³/mol. The summed E-state index contributed by atoms with van der Waals surface area (Å²) in [6.07, 6.45) is 3.60. The van der Waals surface area contributed by atoms with E-state index < -0.39 is 0 Å². The van der Waals surface area contributed by atoms with E-state index in [4.69, 9.17) is 15.6 Å². The molecule has 2 aromatic carbocycles. The van der Waals surface area contributed by atoms with Crippen molar-refractivity contribution in [2.45, 2.75) is 25.8 Å². The maximum absolute atomic E-state index is 6.27. The van der Waals surface area contributed by atoms with Gasteiger partial charge in [-0.25, -0.2) is 14.6 Å². The minimum atomic E-state index is 0.311. The molecule has 5 rings (SSSR count). The third-order valence-corrected chi connectivity index (χ3v) is 5.94. The Bertz CT molecular complexity index is 1190. The van der Waals surface area contributed by atoms with Crippen LogP contribution in [0.1, 0.15) is 24.4 Å². The molecule has 158 valence electrons. The zero-order valence-electron chi connectivity index (χ0n) is 17.8. The first-order valence-electron chi connectivity index (χ1n) is 10.6. The van der Waals surface area contributed by atoms with Gasteiger partial charge in [-0.05, 0) is 76.3 Å². The molecule has 1 saturated heterocycles. The minimum absolute atomic E-state index is 0.311. The molecule has 0 saturated carbocycles. The zero-order valence-corrected chi connectivity index (χ0v) is 17.8. The van der Waals surface area contributed by atoms with Crippen LogP contribution in [0.15, 0.2) is 54.9 Å². The smallest absolute Gasteiger partial charge is 0.164 e. The SMILES string of the molecule is Cc1ccc(Oc2ccc(-c3nn(C4CCN(C)CC4)c4ncnc(N)c34)cc2)cc1. The van der Waals surface area contributed by atoms with Crippen molar-refractivity contribution in [1.82, 2.24) is 24.6 Å². The topological polar surface area (TPSA) is 82.1 Å². The molecular weight excluding hydrogens is 388 g/mol. The van der Waals surface area contributed by atoms with Crippen molar-refractivity contribution in [2.24, 2.45) is 0 Å². The van der Waals surface area contributed by atoms with Gasteiger partial charge in [-0.2, -0.15) is 5.10 Å². The highest BCUT2D eigenvalue weighted by Gasteiger charge is 2.24. The molecule has 1 fully saturated rings. The van der Waals surface area contributed by atoms with Gasteiger partial charge < -0.3 is 15.4 Å². The molecule has 4 aromatic rings. The van der Waals surface area contributed by atoms with E-state index in [1.807, 2.05) is 53.2 Å². The van der Waals surface area contributed by atoms with Crippen LogP contribution in [-0.4, -0.2) is 44.8 Å². The van der Waals surface area contributed by atoms with Crippen LogP contribution in [0.2, 0.25) is 0 Å². The van der Waals surface area contributed by atoms with E-state index in [2.05, 4.69) is 28.8 Å². The maximum Gasteiger partial charge on any atom is 0.164 e. The van der Waals surface area contributed by atoms with Crippen LogP contribution >= 0.6 is 0 Å². The van der Waals surface area contributed by atoms with E-state index in [0.29, 0.717) is 11.9 Å². The largest absolute Gasteiger partial charge is 0.457 e. The molecule has 2 N–H and O–H groups in total. The molecule has 7 heteroatoms. The third-order valence-electron chi connectivity index (χ3n) is 5.94. The van der Waals surface area contributed by atoms with E-state index in [0.717, 1.165) is 59.7 Å². The van der Waals surface area contributed by atoms with Gasteiger partial charge >= 0.3 is 0 Å². The van der Waals surface area contributed by atoms with Gasteiger partial charge in [0.25, 0.3) is 0 Å². The first-order chi connectivity index (χ1) is 15.1. The molecule has 2 aromatic heterocycles. The van der Waals surface area contributed by atoms with E-state index in [1.54, 1.807) is 0 Å². The Hall–Kier alpha value is -3.45. The summed E-state index contributed by atoms with van der Waals surface area (Å²) in [6.45, 7) is 4.16. The Morgan fingerprint density at radius 1 is 0.935 bits per heavy atom. The van der Waals surface area contributed by atoms with Gasteiger partial charge in [-0.1, -0.05) is 17.7 Å². The molecule has 3 heterocycles. The number of nitrogen functional groups attached to an aromatic ring is 1. The number of benzene rings is 2. The fourth-order valence-corrected chi connectivity index (χ4v) is 4.11. The number of likely N-dealkylation sites (tertiary alicyclic amines) is 1. The molecular formula is C24H26N6O. The fourth-order valence-electron chi connectivity index (χ4n) is 4.11. The summed E-state index contributed by atoms with van der Waals surface area (Å²) in [5.74, 6) is 2.04. The number of aromatic nitrogens is 4. The van der Waals surface area contributed by atoms with Gasteiger partial charge in [0.15, 0.2) is 5.65 Å². The Morgan fingerprint density at radius 2 is 1.58 bits per heavy atom. The predicted octanol–water partition coefficient (Wildman–Crippen LogP) is 4.44. The van der Waals surface area contributed by atoms with Crippen LogP contribution < -0.4 is 10.5 Å². The molecule has 1 aliphatic rings. The highest BCUT2D eigenvalue weighted by molar-refractivity contribution is 5.98. The van der Waals surface area contributed by atoms with E-state index in [9.17, 15) is 0 Å². The number of rotatable bonds is 4. The lowest BCUT2D eigenvalue weighted by molar-refractivity contribution is 0.215. The van der Waals surface area contributed by atoms with Gasteiger partial charge in [0.1, 0.15) is 29.3 Å². The van der Waals surface area contributed by atoms with Gasteiger partial charge in [0.2, 0.25) is 0 Å². The first kappa shape index (κ1) is 19.5. The Labute approximate surface area is 181 Å². The van der Waals surface area contributed by atoms with Crippen molar-refractivity contribution in [2.75, 3.05) is 25.9 Å². The number of fused-ring (bicyclic) bond motifs is 1. The molecule has 0 spiro atoms. The second kappa shape index (κ2) is 8.00. The molecule has 7 nitrogen and oxygen atoms in total. The number of anilines is 1. The number of nitrogens with zero attached hydrogens (tertiary/aromatic N) is 5. The number of nitrogens with two attached hydrogens (primary N) is 1. The van der Waals surface area contributed by atoms with E-state index in [1.165, 1.54) is 11.9 Å². The van der Waals surface area contributed by atoms with Crippen molar-refractivity contribution in [3.8, 4) is 22.8 Å². The summed E-state index contributed by atoms with van der Waals surface area (Å²) < 4.78 is 8.01. The second-order valence-corrected chi connectivity index (χ2v) is 8.22. The summed E-state index contributed by atoms with van der Waals surface area (Å²) >= 11 is 0. The summed E-state index contributed by atoms with van der Waals surface area (Å²) in [4.78, 5) is 11.1. The van der Waals surface area contributed by atoms with Crippen LogP contribution in [-0.2, 0) is 0 Å². The Balaban J connectivity index is 1.49. The van der Waals surface area contributed by atoms with Crippen LogP contribution in [0.25, 0.3) is 22.3 Å². The highest BCUT2D eigenvalue weighted by atomic mass is 16.5. The molecule has 0 bridgehead atoms. The minimum Gasteiger partial charge on any atom is -0.457 e. The van der Waals surface area contributed by atoms with E-state index in [-0.39, 0.29) is 0 Å². The summed E-state index contributed by atoms with van der Waals surface area (Å²) in [5, 5.41) is 5.78. The van der Waals surface area contributed by atoms with Crippen LogP contribution in [0, 0.1) is 6.92 Å². The Kier molecular flexibility index (Phi) is 5.03. The normalized spacial score (nSPS) is 15.4. The molecule has 0 unspecified atom stereocenters. The molecule has 0 amide bonds. The zero-order chi connectivity index (χ0) is 21.4. The van der Waals surface area contributed by atoms with Crippen molar-refractivity contribution in [3.63, 3.8) is 0 Å². The monoisotopic (exact) mass is 414 g/mol. The van der Waals surface area contributed by atoms with Gasteiger partial charge in [0.05, 0.1) is 11.4 Å². The van der Waals surface area contributed by atoms with Gasteiger partial charge in [0, 0.05) is 5.56 Å². The fraction of sp³-hybridized carbons (Fsp3) is 0.292. The third kappa shape index (κ3) is 3.84.